The molecule has 1 aromatic carbocycles. The minimum Gasteiger partial charge on any atom is -0.390 e. The molecule has 0 radical (unpaired) electrons. The van der Waals surface area contributed by atoms with Crippen LogP contribution in [0.2, 0.25) is 0 Å². The van der Waals surface area contributed by atoms with Crippen molar-refractivity contribution in [2.75, 3.05) is 0 Å². The van der Waals surface area contributed by atoms with Crippen molar-refractivity contribution in [2.24, 2.45) is 10.7 Å². The Bertz CT molecular complexity index is 972. The fourth-order valence-corrected chi connectivity index (χ4v) is 2.54. The molecule has 0 unspecified atom stereocenters. The normalized spacial score (nSPS) is 11.5. The molecular formula is C17H17FN6O. The summed E-state index contributed by atoms with van der Waals surface area (Å²) < 4.78 is 14.7. The summed E-state index contributed by atoms with van der Waals surface area (Å²) in [4.78, 5) is 23.2. The number of benzene rings is 1. The summed E-state index contributed by atoms with van der Waals surface area (Å²) in [6.45, 7) is 3.82. The van der Waals surface area contributed by atoms with Gasteiger partial charge in [0.05, 0.1) is 23.9 Å². The summed E-state index contributed by atoms with van der Waals surface area (Å²) >= 11 is 0. The molecule has 128 valence electrons. The first-order valence-electron chi connectivity index (χ1n) is 7.69. The second-order valence-electron chi connectivity index (χ2n) is 5.73. The van der Waals surface area contributed by atoms with Crippen molar-refractivity contribution in [3.8, 4) is 16.9 Å². The molecule has 2 aromatic heterocycles. The van der Waals surface area contributed by atoms with Crippen LogP contribution in [-0.4, -0.2) is 26.1 Å². The van der Waals surface area contributed by atoms with Gasteiger partial charge in [-0.1, -0.05) is 13.8 Å². The standard InChI is InChI=1S/C17H17FN6O/c1-10(2)14-15(22-17(20-9-19)23-16(14)25)11-7-21-24(8-11)13-5-3-12(18)4-6-13/h3-10H,1-2H3,(H3,19,20,22,23,25). The number of rotatable bonds is 4. The van der Waals surface area contributed by atoms with E-state index in [1.807, 2.05) is 13.8 Å². The first-order chi connectivity index (χ1) is 12.0. The van der Waals surface area contributed by atoms with Crippen molar-refractivity contribution in [1.29, 1.82) is 0 Å². The van der Waals surface area contributed by atoms with Gasteiger partial charge in [0, 0.05) is 17.3 Å². The fraction of sp³-hybridized carbons (Fsp3) is 0.176. The molecule has 0 aliphatic rings. The number of aliphatic imine (C=N–C) groups is 1. The number of nitrogens with zero attached hydrogens (tertiary/aromatic N) is 4. The van der Waals surface area contributed by atoms with Crippen LogP contribution in [-0.2, 0) is 0 Å². The molecule has 0 atom stereocenters. The molecule has 0 bridgehead atoms. The van der Waals surface area contributed by atoms with Gasteiger partial charge in [0.1, 0.15) is 5.82 Å². The Kier molecular flexibility index (Phi) is 4.42. The van der Waals surface area contributed by atoms with Crippen molar-refractivity contribution in [2.45, 2.75) is 19.8 Å². The first kappa shape index (κ1) is 16.6. The van der Waals surface area contributed by atoms with E-state index in [-0.39, 0.29) is 23.2 Å². The maximum atomic E-state index is 13.1. The van der Waals surface area contributed by atoms with Crippen LogP contribution in [0.25, 0.3) is 16.9 Å². The SMILES string of the molecule is CC(C)c1c(-c2cnn(-c3ccc(F)cc3)c2)nc(N=CN)[nH]c1=O. The average molecular weight is 340 g/mol. The van der Waals surface area contributed by atoms with E-state index in [1.54, 1.807) is 29.2 Å². The van der Waals surface area contributed by atoms with Crippen molar-refractivity contribution in [1.82, 2.24) is 19.7 Å². The van der Waals surface area contributed by atoms with E-state index in [0.717, 1.165) is 6.34 Å². The minimum absolute atomic E-state index is 0.0451. The number of nitrogens with two attached hydrogens (primary N) is 1. The molecule has 3 N–H and O–H groups in total. The predicted octanol–water partition coefficient (Wildman–Crippen LogP) is 2.50. The zero-order valence-corrected chi connectivity index (χ0v) is 13.8. The Balaban J connectivity index is 2.12. The fourth-order valence-electron chi connectivity index (χ4n) is 2.54. The molecule has 0 aliphatic heterocycles. The molecule has 0 amide bonds. The lowest BCUT2D eigenvalue weighted by Gasteiger charge is -2.10. The lowest BCUT2D eigenvalue weighted by atomic mass is 10.0. The van der Waals surface area contributed by atoms with Crippen molar-refractivity contribution in [3.05, 3.63) is 58.4 Å². The molecule has 0 fully saturated rings. The van der Waals surface area contributed by atoms with Gasteiger partial charge in [0.25, 0.3) is 5.56 Å². The highest BCUT2D eigenvalue weighted by molar-refractivity contribution is 5.64. The van der Waals surface area contributed by atoms with Gasteiger partial charge in [0.15, 0.2) is 0 Å². The molecule has 0 saturated heterocycles. The zero-order chi connectivity index (χ0) is 18.0. The Labute approximate surface area is 143 Å². The number of hydrogen-bond donors (Lipinski definition) is 2. The van der Waals surface area contributed by atoms with Gasteiger partial charge >= 0.3 is 0 Å². The first-order valence-corrected chi connectivity index (χ1v) is 7.69. The van der Waals surface area contributed by atoms with E-state index >= 15 is 0 Å². The molecule has 0 spiro atoms. The quantitative estimate of drug-likeness (QED) is 0.563. The molecule has 8 heteroatoms. The molecule has 25 heavy (non-hydrogen) atoms. The third kappa shape index (κ3) is 3.32. The maximum absolute atomic E-state index is 13.1. The van der Waals surface area contributed by atoms with E-state index < -0.39 is 0 Å². The van der Waals surface area contributed by atoms with Gasteiger partial charge in [-0.3, -0.25) is 9.78 Å². The van der Waals surface area contributed by atoms with E-state index in [2.05, 4.69) is 20.1 Å². The van der Waals surface area contributed by atoms with E-state index in [9.17, 15) is 9.18 Å². The summed E-state index contributed by atoms with van der Waals surface area (Å²) in [7, 11) is 0. The molecule has 3 rings (SSSR count). The van der Waals surface area contributed by atoms with Crippen LogP contribution >= 0.6 is 0 Å². The number of halogens is 1. The molecule has 0 saturated carbocycles. The van der Waals surface area contributed by atoms with Gasteiger partial charge in [-0.05, 0) is 30.2 Å². The van der Waals surface area contributed by atoms with Crippen LogP contribution in [0.5, 0.6) is 0 Å². The number of hydrogen-bond acceptors (Lipinski definition) is 4. The van der Waals surface area contributed by atoms with Gasteiger partial charge < -0.3 is 5.73 Å². The molecule has 3 aromatic rings. The van der Waals surface area contributed by atoms with Gasteiger partial charge in [-0.2, -0.15) is 5.10 Å². The van der Waals surface area contributed by atoms with E-state index in [1.165, 1.54) is 12.1 Å². The monoisotopic (exact) mass is 340 g/mol. The largest absolute Gasteiger partial charge is 0.390 e. The highest BCUT2D eigenvalue weighted by Gasteiger charge is 2.18. The Morgan fingerprint density at radius 3 is 2.68 bits per heavy atom. The van der Waals surface area contributed by atoms with Gasteiger partial charge in [-0.15, -0.1) is 0 Å². The second-order valence-corrected chi connectivity index (χ2v) is 5.73. The summed E-state index contributed by atoms with van der Waals surface area (Å²) in [6, 6.07) is 5.95. The molecule has 7 nitrogen and oxygen atoms in total. The van der Waals surface area contributed by atoms with Gasteiger partial charge in [-0.25, -0.2) is 19.0 Å². The topological polar surface area (TPSA) is 102 Å². The van der Waals surface area contributed by atoms with Crippen LogP contribution in [0.1, 0.15) is 25.3 Å². The number of nitrogens with one attached hydrogen (secondary N) is 1. The van der Waals surface area contributed by atoms with Crippen LogP contribution in [0.15, 0.2) is 46.4 Å². The van der Waals surface area contributed by atoms with E-state index in [4.69, 9.17) is 5.73 Å². The summed E-state index contributed by atoms with van der Waals surface area (Å²) in [6.07, 6.45) is 4.41. The summed E-state index contributed by atoms with van der Waals surface area (Å²) in [5.41, 5.74) is 7.41. The summed E-state index contributed by atoms with van der Waals surface area (Å²) in [5, 5.41) is 4.28. The van der Waals surface area contributed by atoms with Crippen molar-refractivity contribution in [3.63, 3.8) is 0 Å². The molecular weight excluding hydrogens is 323 g/mol. The maximum Gasteiger partial charge on any atom is 0.256 e. The van der Waals surface area contributed by atoms with Crippen LogP contribution in [0.4, 0.5) is 10.3 Å². The number of aromatic nitrogens is 4. The highest BCUT2D eigenvalue weighted by Crippen LogP contribution is 2.26. The predicted molar refractivity (Wildman–Crippen MR) is 93.8 cm³/mol. The third-order valence-electron chi connectivity index (χ3n) is 3.66. The smallest absolute Gasteiger partial charge is 0.256 e. The lowest BCUT2D eigenvalue weighted by Crippen LogP contribution is -2.17. The Morgan fingerprint density at radius 2 is 2.04 bits per heavy atom. The average Bonchev–Trinajstić information content (AvgIpc) is 3.04. The van der Waals surface area contributed by atoms with Gasteiger partial charge in [0.2, 0.25) is 5.95 Å². The number of aromatic amines is 1. The zero-order valence-electron chi connectivity index (χ0n) is 13.8. The summed E-state index contributed by atoms with van der Waals surface area (Å²) in [5.74, 6) is -0.239. The van der Waals surface area contributed by atoms with Crippen LogP contribution < -0.4 is 11.3 Å². The Morgan fingerprint density at radius 1 is 1.32 bits per heavy atom. The van der Waals surface area contributed by atoms with E-state index in [0.29, 0.717) is 22.5 Å². The third-order valence-corrected chi connectivity index (χ3v) is 3.66. The highest BCUT2D eigenvalue weighted by atomic mass is 19.1. The lowest BCUT2D eigenvalue weighted by molar-refractivity contribution is 0.627. The van der Waals surface area contributed by atoms with Crippen molar-refractivity contribution >= 4 is 12.3 Å². The minimum atomic E-state index is -0.321. The van der Waals surface area contributed by atoms with Crippen LogP contribution in [0.3, 0.4) is 0 Å². The van der Waals surface area contributed by atoms with Crippen molar-refractivity contribution < 1.29 is 4.39 Å². The number of H-pyrrole nitrogens is 1. The van der Waals surface area contributed by atoms with Crippen LogP contribution in [0, 0.1) is 5.82 Å². The molecule has 0 aliphatic carbocycles. The Hall–Kier alpha value is -3.29. The second kappa shape index (κ2) is 6.68. The molecule has 2 heterocycles.